The van der Waals surface area contributed by atoms with Crippen molar-refractivity contribution < 1.29 is 0 Å². The predicted molar refractivity (Wildman–Crippen MR) is 84.3 cm³/mol. The first-order valence-electron chi connectivity index (χ1n) is 6.70. The molecule has 0 unspecified atom stereocenters. The van der Waals surface area contributed by atoms with Crippen molar-refractivity contribution in [3.63, 3.8) is 0 Å². The highest BCUT2D eigenvalue weighted by Gasteiger charge is 2.67. The Morgan fingerprint density at radius 3 is 2.33 bits per heavy atom. The second kappa shape index (κ2) is 4.34. The van der Waals surface area contributed by atoms with Gasteiger partial charge in [-0.15, -0.1) is 5.10 Å². The van der Waals surface area contributed by atoms with Crippen LogP contribution in [-0.4, -0.2) is 20.2 Å². The molecule has 7 heteroatoms. The number of tetrazole rings is 1. The van der Waals surface area contributed by atoms with Crippen LogP contribution < -0.4 is 5.73 Å². The summed E-state index contributed by atoms with van der Waals surface area (Å²) >= 11 is 12.4. The number of benzene rings is 1. The minimum absolute atomic E-state index is 0.105. The minimum atomic E-state index is 0.105. The van der Waals surface area contributed by atoms with Crippen molar-refractivity contribution >= 4 is 28.9 Å². The Morgan fingerprint density at radius 1 is 1.14 bits per heavy atom. The summed E-state index contributed by atoms with van der Waals surface area (Å²) in [5.74, 6) is 0.595. The van der Waals surface area contributed by atoms with Crippen LogP contribution in [0.2, 0.25) is 10.0 Å². The van der Waals surface area contributed by atoms with Gasteiger partial charge in [0.15, 0.2) is 5.82 Å². The summed E-state index contributed by atoms with van der Waals surface area (Å²) in [6, 6.07) is 3.57. The number of aromatic nitrogens is 4. The van der Waals surface area contributed by atoms with E-state index in [0.29, 0.717) is 27.1 Å². The Hall–Kier alpha value is -1.33. The number of nitrogen functional groups attached to an aromatic ring is 1. The van der Waals surface area contributed by atoms with Gasteiger partial charge in [0.2, 0.25) is 0 Å². The van der Waals surface area contributed by atoms with Crippen molar-refractivity contribution in [1.29, 1.82) is 0 Å². The first-order chi connectivity index (χ1) is 9.68. The summed E-state index contributed by atoms with van der Waals surface area (Å²) in [6.07, 6.45) is 0. The summed E-state index contributed by atoms with van der Waals surface area (Å²) in [6.45, 7) is 8.82. The SMILES string of the molecule is CC1(C)C(n2nnnc2-c2cc(N)cc(Cl)c2Cl)C1(C)C. The van der Waals surface area contributed by atoms with E-state index in [0.717, 1.165) is 0 Å². The quantitative estimate of drug-likeness (QED) is 0.851. The molecule has 0 saturated heterocycles. The van der Waals surface area contributed by atoms with Crippen molar-refractivity contribution in [2.75, 3.05) is 5.73 Å². The molecule has 2 N–H and O–H groups in total. The van der Waals surface area contributed by atoms with Gasteiger partial charge in [0.1, 0.15) is 0 Å². The van der Waals surface area contributed by atoms with E-state index in [-0.39, 0.29) is 16.9 Å². The lowest BCUT2D eigenvalue weighted by atomic mass is 10.0. The van der Waals surface area contributed by atoms with E-state index < -0.39 is 0 Å². The van der Waals surface area contributed by atoms with Crippen molar-refractivity contribution in [2.45, 2.75) is 33.7 Å². The molecule has 21 heavy (non-hydrogen) atoms. The zero-order chi connectivity index (χ0) is 15.6. The second-order valence-corrected chi connectivity index (χ2v) is 7.44. The highest BCUT2D eigenvalue weighted by atomic mass is 35.5. The van der Waals surface area contributed by atoms with Crippen molar-refractivity contribution in [2.24, 2.45) is 10.8 Å². The molecule has 3 rings (SSSR count). The third-order valence-corrected chi connectivity index (χ3v) is 5.78. The smallest absolute Gasteiger partial charge is 0.183 e. The third kappa shape index (κ3) is 1.94. The Morgan fingerprint density at radius 2 is 1.76 bits per heavy atom. The minimum Gasteiger partial charge on any atom is -0.399 e. The molecule has 112 valence electrons. The molecule has 1 saturated carbocycles. The average Bonchev–Trinajstić information content (AvgIpc) is 2.71. The number of anilines is 1. The highest BCUT2D eigenvalue weighted by molar-refractivity contribution is 6.43. The molecule has 1 aromatic carbocycles. The maximum atomic E-state index is 6.30. The van der Waals surface area contributed by atoms with E-state index in [1.807, 2.05) is 4.68 Å². The maximum Gasteiger partial charge on any atom is 0.183 e. The van der Waals surface area contributed by atoms with Crippen molar-refractivity contribution in [3.8, 4) is 11.4 Å². The van der Waals surface area contributed by atoms with E-state index in [9.17, 15) is 0 Å². The van der Waals surface area contributed by atoms with Gasteiger partial charge in [0, 0.05) is 11.3 Å². The van der Waals surface area contributed by atoms with Crippen LogP contribution in [0.5, 0.6) is 0 Å². The van der Waals surface area contributed by atoms with E-state index in [1.165, 1.54) is 0 Å². The molecule has 1 aliphatic rings. The van der Waals surface area contributed by atoms with Crippen LogP contribution >= 0.6 is 23.2 Å². The molecule has 1 fully saturated rings. The Bertz CT molecular complexity index is 706. The van der Waals surface area contributed by atoms with Crippen molar-refractivity contribution in [3.05, 3.63) is 22.2 Å². The fourth-order valence-electron chi connectivity index (χ4n) is 3.09. The van der Waals surface area contributed by atoms with Gasteiger partial charge in [-0.2, -0.15) is 0 Å². The van der Waals surface area contributed by atoms with Crippen LogP contribution in [0.25, 0.3) is 11.4 Å². The van der Waals surface area contributed by atoms with E-state index in [4.69, 9.17) is 28.9 Å². The summed E-state index contributed by atoms with van der Waals surface area (Å²) < 4.78 is 1.83. The second-order valence-electron chi connectivity index (χ2n) is 6.66. The monoisotopic (exact) mass is 325 g/mol. The van der Waals surface area contributed by atoms with Gasteiger partial charge in [-0.3, -0.25) is 0 Å². The van der Waals surface area contributed by atoms with Gasteiger partial charge >= 0.3 is 0 Å². The first kappa shape index (κ1) is 14.6. The standard InChI is InChI=1S/C14H17Cl2N5/c1-13(2)12(14(13,3)4)21-11(18-19-20-21)8-5-7(17)6-9(15)10(8)16/h5-6,12H,17H2,1-4H3. The molecule has 0 amide bonds. The Balaban J connectivity index is 2.14. The third-order valence-electron chi connectivity index (χ3n) is 4.97. The summed E-state index contributed by atoms with van der Waals surface area (Å²) in [4.78, 5) is 0. The van der Waals surface area contributed by atoms with E-state index in [1.54, 1.807) is 12.1 Å². The predicted octanol–water partition coefficient (Wildman–Crippen LogP) is 3.84. The highest BCUT2D eigenvalue weighted by Crippen LogP contribution is 2.71. The lowest BCUT2D eigenvalue weighted by Gasteiger charge is -2.09. The number of hydrogen-bond donors (Lipinski definition) is 1. The van der Waals surface area contributed by atoms with Gasteiger partial charge < -0.3 is 5.73 Å². The maximum absolute atomic E-state index is 6.30. The molecule has 1 aromatic heterocycles. The molecule has 0 bridgehead atoms. The van der Waals surface area contributed by atoms with Crippen LogP contribution in [0.15, 0.2) is 12.1 Å². The number of halogens is 2. The van der Waals surface area contributed by atoms with Gasteiger partial charge in [-0.1, -0.05) is 50.9 Å². The molecular formula is C14H17Cl2N5. The average molecular weight is 326 g/mol. The normalized spacial score (nSPS) is 19.7. The van der Waals surface area contributed by atoms with Crippen LogP contribution in [0.4, 0.5) is 5.69 Å². The number of nitrogens with zero attached hydrogens (tertiary/aromatic N) is 4. The van der Waals surface area contributed by atoms with Gasteiger partial charge in [-0.25, -0.2) is 4.68 Å². The topological polar surface area (TPSA) is 69.6 Å². The van der Waals surface area contributed by atoms with Crippen LogP contribution in [0.3, 0.4) is 0 Å². The molecule has 0 spiro atoms. The molecule has 0 atom stereocenters. The zero-order valence-electron chi connectivity index (χ0n) is 12.4. The van der Waals surface area contributed by atoms with Gasteiger partial charge in [-0.05, 0) is 33.4 Å². The molecule has 5 nitrogen and oxygen atoms in total. The van der Waals surface area contributed by atoms with E-state index in [2.05, 4.69) is 43.2 Å². The summed E-state index contributed by atoms with van der Waals surface area (Å²) in [5, 5.41) is 12.9. The molecule has 1 heterocycles. The molecular weight excluding hydrogens is 309 g/mol. The first-order valence-corrected chi connectivity index (χ1v) is 7.46. The fourth-order valence-corrected chi connectivity index (χ4v) is 3.51. The number of nitrogens with two attached hydrogens (primary N) is 1. The lowest BCUT2D eigenvalue weighted by molar-refractivity contribution is 0.457. The molecule has 2 aromatic rings. The largest absolute Gasteiger partial charge is 0.399 e. The van der Waals surface area contributed by atoms with E-state index >= 15 is 0 Å². The Labute approximate surface area is 133 Å². The van der Waals surface area contributed by atoms with Crippen LogP contribution in [0, 0.1) is 10.8 Å². The van der Waals surface area contributed by atoms with Crippen molar-refractivity contribution in [1.82, 2.24) is 20.2 Å². The molecule has 0 aliphatic heterocycles. The summed E-state index contributed by atoms with van der Waals surface area (Å²) in [5.41, 5.74) is 7.26. The number of rotatable bonds is 2. The molecule has 0 radical (unpaired) electrons. The van der Waals surface area contributed by atoms with Gasteiger partial charge in [0.05, 0.1) is 16.1 Å². The zero-order valence-corrected chi connectivity index (χ0v) is 13.9. The summed E-state index contributed by atoms with van der Waals surface area (Å²) in [7, 11) is 0. The lowest BCUT2D eigenvalue weighted by Crippen LogP contribution is -2.06. The van der Waals surface area contributed by atoms with Crippen LogP contribution in [-0.2, 0) is 0 Å². The Kier molecular flexibility index (Phi) is 3.01. The van der Waals surface area contributed by atoms with Gasteiger partial charge in [0.25, 0.3) is 0 Å². The van der Waals surface area contributed by atoms with Crippen LogP contribution in [0.1, 0.15) is 33.7 Å². The molecule has 1 aliphatic carbocycles. The fraction of sp³-hybridized carbons (Fsp3) is 0.500. The number of hydrogen-bond acceptors (Lipinski definition) is 4.